The second-order valence-electron chi connectivity index (χ2n) is 3.83. The molecule has 0 saturated heterocycles. The lowest BCUT2D eigenvalue weighted by Crippen LogP contribution is -2.16. The first-order valence-electron chi connectivity index (χ1n) is 5.17. The second kappa shape index (κ2) is 10.1. The minimum atomic E-state index is -0.975. The zero-order chi connectivity index (χ0) is 14.0. The van der Waals surface area contributed by atoms with Gasteiger partial charge in [-0.25, -0.2) is 0 Å². The normalized spacial score (nSPS) is 11.4. The smallest absolute Gasteiger partial charge is 0.321 e. The number of carboxylic acids is 1. The SMILES string of the molecule is C=C(CCCN(C)C)C(N)=O.CC(Cl)C(=O)O. The van der Waals surface area contributed by atoms with Gasteiger partial charge in [0.25, 0.3) is 0 Å². The Morgan fingerprint density at radius 1 is 1.47 bits per heavy atom. The molecule has 0 heterocycles. The van der Waals surface area contributed by atoms with Gasteiger partial charge in [0, 0.05) is 5.57 Å². The van der Waals surface area contributed by atoms with E-state index in [-0.39, 0.29) is 5.91 Å². The van der Waals surface area contributed by atoms with Crippen LogP contribution < -0.4 is 5.73 Å². The fourth-order valence-corrected chi connectivity index (χ4v) is 0.732. The van der Waals surface area contributed by atoms with Gasteiger partial charge in [-0.05, 0) is 40.4 Å². The highest BCUT2D eigenvalue weighted by molar-refractivity contribution is 6.29. The summed E-state index contributed by atoms with van der Waals surface area (Å²) in [7, 11) is 3.99. The van der Waals surface area contributed by atoms with Crippen LogP contribution >= 0.6 is 11.6 Å². The van der Waals surface area contributed by atoms with Gasteiger partial charge in [0.05, 0.1) is 0 Å². The molecule has 0 aromatic rings. The molecule has 0 radical (unpaired) electrons. The van der Waals surface area contributed by atoms with Gasteiger partial charge in [0.2, 0.25) is 5.91 Å². The summed E-state index contributed by atoms with van der Waals surface area (Å²) in [5, 5.41) is 7.10. The minimum absolute atomic E-state index is 0.385. The van der Waals surface area contributed by atoms with Crippen molar-refractivity contribution in [1.82, 2.24) is 4.90 Å². The first-order valence-corrected chi connectivity index (χ1v) is 5.61. The number of amides is 1. The van der Waals surface area contributed by atoms with E-state index in [1.807, 2.05) is 14.1 Å². The zero-order valence-electron chi connectivity index (χ0n) is 10.6. The van der Waals surface area contributed by atoms with E-state index >= 15 is 0 Å². The highest BCUT2D eigenvalue weighted by Gasteiger charge is 2.02. The van der Waals surface area contributed by atoms with E-state index in [0.29, 0.717) is 12.0 Å². The number of carbonyl (C=O) groups excluding carboxylic acids is 1. The van der Waals surface area contributed by atoms with E-state index in [1.54, 1.807) is 0 Å². The van der Waals surface area contributed by atoms with Crippen molar-refractivity contribution >= 4 is 23.5 Å². The van der Waals surface area contributed by atoms with Crippen molar-refractivity contribution in [1.29, 1.82) is 0 Å². The molecule has 0 rings (SSSR count). The number of nitrogens with two attached hydrogens (primary N) is 1. The molecule has 0 aliphatic heterocycles. The van der Waals surface area contributed by atoms with Gasteiger partial charge in [0.15, 0.2) is 0 Å². The van der Waals surface area contributed by atoms with Gasteiger partial charge in [-0.15, -0.1) is 11.6 Å². The maximum absolute atomic E-state index is 10.5. The summed E-state index contributed by atoms with van der Waals surface area (Å²) in [6, 6.07) is 0. The number of aliphatic carboxylic acids is 1. The second-order valence-corrected chi connectivity index (χ2v) is 4.48. The van der Waals surface area contributed by atoms with Crippen LogP contribution in [0.25, 0.3) is 0 Å². The van der Waals surface area contributed by atoms with Crippen LogP contribution in [0.5, 0.6) is 0 Å². The van der Waals surface area contributed by atoms with E-state index in [2.05, 4.69) is 11.5 Å². The summed E-state index contributed by atoms with van der Waals surface area (Å²) in [6.45, 7) is 5.93. The van der Waals surface area contributed by atoms with E-state index in [9.17, 15) is 9.59 Å². The van der Waals surface area contributed by atoms with Crippen molar-refractivity contribution in [3.8, 4) is 0 Å². The number of alkyl halides is 1. The fourth-order valence-electron chi connectivity index (χ4n) is 0.732. The number of carboxylic acid groups (broad SMARTS) is 1. The quantitative estimate of drug-likeness (QED) is 0.555. The predicted molar refractivity (Wildman–Crippen MR) is 69.1 cm³/mol. The molecule has 0 aliphatic rings. The molecule has 3 N–H and O–H groups in total. The van der Waals surface area contributed by atoms with Crippen molar-refractivity contribution in [3.63, 3.8) is 0 Å². The molecule has 100 valence electrons. The van der Waals surface area contributed by atoms with Crippen LogP contribution in [0.4, 0.5) is 0 Å². The van der Waals surface area contributed by atoms with Crippen molar-refractivity contribution in [2.75, 3.05) is 20.6 Å². The summed E-state index contributed by atoms with van der Waals surface area (Å²) >= 11 is 5.01. The lowest BCUT2D eigenvalue weighted by Gasteiger charge is -2.08. The number of carbonyl (C=O) groups is 2. The van der Waals surface area contributed by atoms with E-state index in [1.165, 1.54) is 6.92 Å². The Morgan fingerprint density at radius 2 is 1.88 bits per heavy atom. The van der Waals surface area contributed by atoms with Crippen molar-refractivity contribution < 1.29 is 14.7 Å². The molecule has 0 saturated carbocycles. The summed E-state index contributed by atoms with van der Waals surface area (Å²) < 4.78 is 0. The molecule has 1 amide bonds. The number of halogens is 1. The molecular formula is C11H21ClN2O3. The van der Waals surface area contributed by atoms with Crippen molar-refractivity contribution in [2.24, 2.45) is 5.73 Å². The molecular weight excluding hydrogens is 244 g/mol. The Hall–Kier alpha value is -1.07. The van der Waals surface area contributed by atoms with Crippen LogP contribution in [-0.2, 0) is 9.59 Å². The first kappa shape index (κ1) is 18.3. The van der Waals surface area contributed by atoms with Crippen LogP contribution in [0.2, 0.25) is 0 Å². The lowest BCUT2D eigenvalue weighted by molar-refractivity contribution is -0.136. The highest BCUT2D eigenvalue weighted by Crippen LogP contribution is 2.00. The molecule has 0 fully saturated rings. The number of hydrogen-bond acceptors (Lipinski definition) is 3. The Labute approximate surface area is 107 Å². The summed E-state index contributed by atoms with van der Waals surface area (Å²) in [6.07, 6.45) is 1.64. The predicted octanol–water partition coefficient (Wildman–Crippen LogP) is 1.07. The van der Waals surface area contributed by atoms with Crippen LogP contribution in [0, 0.1) is 0 Å². The molecule has 0 aromatic heterocycles. The van der Waals surface area contributed by atoms with Crippen LogP contribution in [0.3, 0.4) is 0 Å². The van der Waals surface area contributed by atoms with Crippen molar-refractivity contribution in [2.45, 2.75) is 25.1 Å². The lowest BCUT2D eigenvalue weighted by atomic mass is 10.1. The third-order valence-corrected chi connectivity index (χ3v) is 1.96. The van der Waals surface area contributed by atoms with Crippen LogP contribution in [-0.4, -0.2) is 47.9 Å². The number of primary amides is 1. The Bertz CT molecular complexity index is 265. The molecule has 0 aliphatic carbocycles. The summed E-state index contributed by atoms with van der Waals surface area (Å²) in [5.74, 6) is -1.36. The number of hydrogen-bond donors (Lipinski definition) is 2. The Morgan fingerprint density at radius 3 is 2.12 bits per heavy atom. The first-order chi connectivity index (χ1) is 7.68. The Balaban J connectivity index is 0. The largest absolute Gasteiger partial charge is 0.480 e. The Kier molecular flexibility index (Phi) is 10.9. The molecule has 0 aromatic carbocycles. The van der Waals surface area contributed by atoms with Gasteiger partial charge in [-0.1, -0.05) is 6.58 Å². The topological polar surface area (TPSA) is 83.6 Å². The van der Waals surface area contributed by atoms with Gasteiger partial charge in [0.1, 0.15) is 5.38 Å². The average Bonchev–Trinajstić information content (AvgIpc) is 2.17. The minimum Gasteiger partial charge on any atom is -0.480 e. The van der Waals surface area contributed by atoms with E-state index in [0.717, 1.165) is 13.0 Å². The maximum atomic E-state index is 10.5. The highest BCUT2D eigenvalue weighted by atomic mass is 35.5. The molecule has 6 heteroatoms. The molecule has 5 nitrogen and oxygen atoms in total. The molecule has 17 heavy (non-hydrogen) atoms. The average molecular weight is 265 g/mol. The third-order valence-electron chi connectivity index (χ3n) is 1.77. The molecule has 1 atom stereocenters. The monoisotopic (exact) mass is 264 g/mol. The number of nitrogens with zero attached hydrogens (tertiary/aromatic N) is 1. The molecule has 0 bridgehead atoms. The van der Waals surface area contributed by atoms with Crippen molar-refractivity contribution in [3.05, 3.63) is 12.2 Å². The fraction of sp³-hybridized carbons (Fsp3) is 0.636. The third kappa shape index (κ3) is 14.9. The molecule has 1 unspecified atom stereocenters. The van der Waals surface area contributed by atoms with E-state index < -0.39 is 11.3 Å². The zero-order valence-corrected chi connectivity index (χ0v) is 11.3. The van der Waals surface area contributed by atoms with Gasteiger partial charge < -0.3 is 15.7 Å². The van der Waals surface area contributed by atoms with E-state index in [4.69, 9.17) is 22.4 Å². The maximum Gasteiger partial charge on any atom is 0.321 e. The van der Waals surface area contributed by atoms with Gasteiger partial charge in [-0.2, -0.15) is 0 Å². The van der Waals surface area contributed by atoms with Gasteiger partial charge >= 0.3 is 5.97 Å². The van der Waals surface area contributed by atoms with Gasteiger partial charge in [-0.3, -0.25) is 9.59 Å². The standard InChI is InChI=1S/C8H16N2O.C3H5ClO2/c1-7(8(9)11)5-4-6-10(2)3;1-2(4)3(5)6/h1,4-6H2,2-3H3,(H2,9,11);2H,1H3,(H,5,6). The summed E-state index contributed by atoms with van der Waals surface area (Å²) in [5.41, 5.74) is 5.52. The van der Waals surface area contributed by atoms with Crippen LogP contribution in [0.1, 0.15) is 19.8 Å². The van der Waals surface area contributed by atoms with Crippen LogP contribution in [0.15, 0.2) is 12.2 Å². The number of rotatable bonds is 6. The molecule has 0 spiro atoms. The summed E-state index contributed by atoms with van der Waals surface area (Å²) in [4.78, 5) is 22.1.